The average Bonchev–Trinajstić information content (AvgIpc) is 3.42. The van der Waals surface area contributed by atoms with Crippen molar-refractivity contribution in [1.82, 2.24) is 24.3 Å². The van der Waals surface area contributed by atoms with Gasteiger partial charge < -0.3 is 9.84 Å². The first-order valence-electron chi connectivity index (χ1n) is 10.1. The van der Waals surface area contributed by atoms with E-state index in [2.05, 4.69) is 20.6 Å². The van der Waals surface area contributed by atoms with E-state index in [9.17, 15) is 18.4 Å². The molecule has 0 aliphatic rings. The fourth-order valence-corrected chi connectivity index (χ4v) is 3.38. The van der Waals surface area contributed by atoms with Crippen LogP contribution in [0.1, 0.15) is 5.56 Å². The Kier molecular flexibility index (Phi) is 5.21. The molecule has 0 radical (unpaired) electrons. The minimum absolute atomic E-state index is 0.143. The third kappa shape index (κ3) is 3.94. The van der Waals surface area contributed by atoms with E-state index >= 15 is 0 Å². The molecule has 0 bridgehead atoms. The fourth-order valence-electron chi connectivity index (χ4n) is 3.38. The number of anilines is 1. The number of halogens is 2. The number of carbonyl (C=O) groups is 1. The summed E-state index contributed by atoms with van der Waals surface area (Å²) in [6.07, 6.45) is 1.48. The van der Waals surface area contributed by atoms with Crippen LogP contribution >= 0.6 is 0 Å². The van der Waals surface area contributed by atoms with Crippen LogP contribution in [-0.4, -0.2) is 30.2 Å². The van der Waals surface area contributed by atoms with E-state index in [1.165, 1.54) is 10.6 Å². The number of carbonyl (C=O) groups excluding carboxylic acids is 1. The van der Waals surface area contributed by atoms with Crippen LogP contribution in [0.15, 0.2) is 70.1 Å². The third-order valence-electron chi connectivity index (χ3n) is 5.07. The van der Waals surface area contributed by atoms with E-state index < -0.39 is 29.8 Å². The van der Waals surface area contributed by atoms with Gasteiger partial charge in [0.25, 0.3) is 5.89 Å². The number of nitrogens with zero attached hydrogens (tertiary/aromatic N) is 5. The summed E-state index contributed by atoms with van der Waals surface area (Å²) in [7, 11) is 0. The van der Waals surface area contributed by atoms with Crippen LogP contribution < -0.4 is 11.0 Å². The molecule has 9 nitrogen and oxygen atoms in total. The highest BCUT2D eigenvalue weighted by Gasteiger charge is 2.19. The lowest BCUT2D eigenvalue weighted by atomic mass is 10.1. The highest BCUT2D eigenvalue weighted by Crippen LogP contribution is 2.24. The van der Waals surface area contributed by atoms with Crippen molar-refractivity contribution in [3.05, 3.63) is 88.5 Å². The first-order valence-corrected chi connectivity index (χ1v) is 10.1. The molecular weight excluding hydrogens is 446 g/mol. The minimum atomic E-state index is -0.805. The number of benzene rings is 2. The maximum Gasteiger partial charge on any atom is 0.350 e. The van der Waals surface area contributed by atoms with Gasteiger partial charge in [-0.25, -0.2) is 22.7 Å². The predicted molar refractivity (Wildman–Crippen MR) is 118 cm³/mol. The Labute approximate surface area is 190 Å². The van der Waals surface area contributed by atoms with Crippen molar-refractivity contribution >= 4 is 17.2 Å². The summed E-state index contributed by atoms with van der Waals surface area (Å²) >= 11 is 0. The second kappa shape index (κ2) is 8.35. The molecule has 5 aromatic rings. The molecule has 0 saturated heterocycles. The maximum atomic E-state index is 13.8. The number of amides is 1. The molecule has 1 amide bonds. The van der Waals surface area contributed by atoms with Gasteiger partial charge in [0.2, 0.25) is 11.7 Å². The van der Waals surface area contributed by atoms with Crippen LogP contribution in [0.5, 0.6) is 0 Å². The van der Waals surface area contributed by atoms with E-state index in [-0.39, 0.29) is 17.2 Å². The molecule has 1 N–H and O–H groups in total. The van der Waals surface area contributed by atoms with E-state index in [1.54, 1.807) is 12.1 Å². The van der Waals surface area contributed by atoms with Crippen molar-refractivity contribution in [3.63, 3.8) is 0 Å². The topological polar surface area (TPSA) is 107 Å². The van der Waals surface area contributed by atoms with Gasteiger partial charge in [-0.1, -0.05) is 35.0 Å². The van der Waals surface area contributed by atoms with Gasteiger partial charge in [0, 0.05) is 17.8 Å². The number of hydrogen-bond acceptors (Lipinski definition) is 6. The van der Waals surface area contributed by atoms with Crippen LogP contribution in [0.2, 0.25) is 0 Å². The molecule has 0 fully saturated rings. The quantitative estimate of drug-likeness (QED) is 0.429. The zero-order chi connectivity index (χ0) is 23.8. The van der Waals surface area contributed by atoms with Gasteiger partial charge in [-0.15, -0.1) is 5.10 Å². The number of aromatic nitrogens is 5. The molecule has 11 heteroatoms. The first-order chi connectivity index (χ1) is 16.4. The van der Waals surface area contributed by atoms with Crippen LogP contribution in [0, 0.1) is 18.6 Å². The Balaban J connectivity index is 1.45. The Hall–Kier alpha value is -4.67. The first kappa shape index (κ1) is 21.2. The van der Waals surface area contributed by atoms with Gasteiger partial charge in [-0.05, 0) is 31.2 Å². The molecule has 2 aromatic carbocycles. The summed E-state index contributed by atoms with van der Waals surface area (Å²) < 4.78 is 34.7. The normalized spacial score (nSPS) is 11.1. The van der Waals surface area contributed by atoms with Gasteiger partial charge in [-0.3, -0.25) is 4.79 Å². The van der Waals surface area contributed by atoms with E-state index in [0.717, 1.165) is 34.0 Å². The van der Waals surface area contributed by atoms with Crippen LogP contribution in [0.3, 0.4) is 0 Å². The molecule has 0 saturated carbocycles. The zero-order valence-corrected chi connectivity index (χ0v) is 17.7. The summed E-state index contributed by atoms with van der Waals surface area (Å²) in [6.45, 7) is 1.45. The molecule has 3 heterocycles. The fraction of sp³-hybridized carbons (Fsp3) is 0.0870. The van der Waals surface area contributed by atoms with Gasteiger partial charge >= 0.3 is 5.69 Å². The van der Waals surface area contributed by atoms with Crippen LogP contribution in [-0.2, 0) is 11.3 Å². The SMILES string of the molecule is Cc1ccc(-c2noc(-c3cccn4c(=O)n(CC(=O)Nc5cc(F)ccc5F)nc34)n2)cc1. The molecule has 34 heavy (non-hydrogen) atoms. The third-order valence-corrected chi connectivity index (χ3v) is 5.07. The summed E-state index contributed by atoms with van der Waals surface area (Å²) in [5, 5.41) is 10.5. The molecule has 0 spiro atoms. The van der Waals surface area contributed by atoms with Gasteiger partial charge in [0.1, 0.15) is 18.2 Å². The van der Waals surface area contributed by atoms with Gasteiger partial charge in [0.05, 0.1) is 11.3 Å². The molecule has 0 atom stereocenters. The van der Waals surface area contributed by atoms with E-state index in [1.807, 2.05) is 31.2 Å². The second-order valence-corrected chi connectivity index (χ2v) is 7.52. The lowest BCUT2D eigenvalue weighted by molar-refractivity contribution is -0.117. The van der Waals surface area contributed by atoms with E-state index in [4.69, 9.17) is 4.52 Å². The largest absolute Gasteiger partial charge is 0.350 e. The zero-order valence-electron chi connectivity index (χ0n) is 17.7. The summed E-state index contributed by atoms with van der Waals surface area (Å²) in [5.74, 6) is -1.76. The number of nitrogens with one attached hydrogen (secondary N) is 1. The maximum absolute atomic E-state index is 13.8. The van der Waals surface area contributed by atoms with Crippen LogP contribution in [0.25, 0.3) is 28.5 Å². The number of pyridine rings is 1. The molecule has 170 valence electrons. The second-order valence-electron chi connectivity index (χ2n) is 7.52. The van der Waals surface area contributed by atoms with Crippen molar-refractivity contribution < 1.29 is 18.1 Å². The summed E-state index contributed by atoms with van der Waals surface area (Å²) in [6, 6.07) is 13.5. The number of hydrogen-bond donors (Lipinski definition) is 1. The average molecular weight is 462 g/mol. The molecule has 5 rings (SSSR count). The van der Waals surface area contributed by atoms with Gasteiger partial charge in [-0.2, -0.15) is 4.98 Å². The highest BCUT2D eigenvalue weighted by molar-refractivity contribution is 5.90. The molecule has 3 aromatic heterocycles. The Morgan fingerprint density at radius 1 is 1.12 bits per heavy atom. The van der Waals surface area contributed by atoms with Crippen molar-refractivity contribution in [2.45, 2.75) is 13.5 Å². The summed E-state index contributed by atoms with van der Waals surface area (Å²) in [5.41, 5.74) is 1.49. The van der Waals surface area contributed by atoms with Crippen molar-refractivity contribution in [2.75, 3.05) is 5.32 Å². The summed E-state index contributed by atoms with van der Waals surface area (Å²) in [4.78, 5) is 29.5. The Morgan fingerprint density at radius 2 is 1.91 bits per heavy atom. The van der Waals surface area contributed by atoms with Crippen molar-refractivity contribution in [2.24, 2.45) is 0 Å². The molecule has 0 aliphatic heterocycles. The monoisotopic (exact) mass is 462 g/mol. The standard InChI is InChI=1S/C23H16F2N6O3/c1-13-4-6-14(7-5-13)20-27-22(34-29-20)16-3-2-10-30-21(16)28-31(23(30)33)12-19(32)26-18-11-15(24)8-9-17(18)25/h2-11H,12H2,1H3,(H,26,32). The number of fused-ring (bicyclic) bond motifs is 1. The lowest BCUT2D eigenvalue weighted by Gasteiger charge is -2.05. The number of aryl methyl sites for hydroxylation is 1. The number of rotatable bonds is 5. The Bertz CT molecular complexity index is 1590. The van der Waals surface area contributed by atoms with Crippen molar-refractivity contribution in [1.29, 1.82) is 0 Å². The molecule has 0 unspecified atom stereocenters. The Morgan fingerprint density at radius 3 is 2.71 bits per heavy atom. The molecule has 0 aliphatic carbocycles. The van der Waals surface area contributed by atoms with Crippen LogP contribution in [0.4, 0.5) is 14.5 Å². The molecular formula is C23H16F2N6O3. The predicted octanol–water partition coefficient (Wildman–Crippen LogP) is 3.44. The lowest BCUT2D eigenvalue weighted by Crippen LogP contribution is -2.28. The van der Waals surface area contributed by atoms with E-state index in [0.29, 0.717) is 11.4 Å². The smallest absolute Gasteiger partial charge is 0.333 e. The highest BCUT2D eigenvalue weighted by atomic mass is 19.1. The minimum Gasteiger partial charge on any atom is -0.333 e. The van der Waals surface area contributed by atoms with Gasteiger partial charge in [0.15, 0.2) is 5.65 Å². The van der Waals surface area contributed by atoms with Crippen molar-refractivity contribution in [3.8, 4) is 22.8 Å².